The van der Waals surface area contributed by atoms with Crippen LogP contribution in [0.25, 0.3) is 5.69 Å². The lowest BCUT2D eigenvalue weighted by Crippen LogP contribution is -2.22. The molecule has 2 aromatic heterocycles. The number of pyridine rings is 1. The van der Waals surface area contributed by atoms with Crippen LogP contribution in [0.4, 0.5) is 10.8 Å². The Hall–Kier alpha value is -3.65. The number of nitriles is 1. The molecule has 0 saturated heterocycles. The first-order valence-corrected chi connectivity index (χ1v) is 12.5. The van der Waals surface area contributed by atoms with Gasteiger partial charge < -0.3 is 10.2 Å². The molecular formula is C18H14N6O7S3. The molecule has 0 unspecified atom stereocenters. The SMILES string of the molecule is Cc1c(N=Nc2nnc(SCCS(=O)(=O)O)s2)c(O)n(-c2ccc(C(=O)O)cc2)c(=O)c1C#N. The zero-order chi connectivity index (χ0) is 25.0. The van der Waals surface area contributed by atoms with Crippen LogP contribution in [-0.2, 0) is 10.1 Å². The molecule has 0 fully saturated rings. The Labute approximate surface area is 199 Å². The van der Waals surface area contributed by atoms with E-state index < -0.39 is 33.3 Å². The summed E-state index contributed by atoms with van der Waals surface area (Å²) >= 11 is 2.00. The van der Waals surface area contributed by atoms with Crippen LogP contribution in [0.1, 0.15) is 21.5 Å². The normalized spacial score (nSPS) is 11.6. The van der Waals surface area contributed by atoms with E-state index >= 15 is 0 Å². The lowest BCUT2D eigenvalue weighted by Gasteiger charge is -2.13. The Balaban J connectivity index is 1.97. The summed E-state index contributed by atoms with van der Waals surface area (Å²) in [7, 11) is -4.10. The van der Waals surface area contributed by atoms with Crippen molar-refractivity contribution in [2.75, 3.05) is 11.5 Å². The van der Waals surface area contributed by atoms with Crippen LogP contribution in [0.2, 0.25) is 0 Å². The molecule has 0 atom stereocenters. The summed E-state index contributed by atoms with van der Waals surface area (Å²) in [5.74, 6) is -2.22. The van der Waals surface area contributed by atoms with Gasteiger partial charge in [0.2, 0.25) is 5.88 Å². The van der Waals surface area contributed by atoms with E-state index in [2.05, 4.69) is 20.4 Å². The van der Waals surface area contributed by atoms with E-state index in [1.165, 1.54) is 31.2 Å². The van der Waals surface area contributed by atoms with Crippen LogP contribution < -0.4 is 5.56 Å². The first-order valence-electron chi connectivity index (χ1n) is 9.07. The Bertz CT molecular complexity index is 1490. The van der Waals surface area contributed by atoms with Gasteiger partial charge in [0.25, 0.3) is 20.8 Å². The van der Waals surface area contributed by atoms with Crippen molar-refractivity contribution in [1.29, 1.82) is 5.26 Å². The molecule has 16 heteroatoms. The lowest BCUT2D eigenvalue weighted by atomic mass is 10.1. The maximum atomic E-state index is 12.8. The maximum absolute atomic E-state index is 12.8. The number of aromatic carboxylic acids is 1. The number of aromatic hydroxyl groups is 1. The van der Waals surface area contributed by atoms with E-state index in [4.69, 9.17) is 9.66 Å². The summed E-state index contributed by atoms with van der Waals surface area (Å²) in [6.45, 7) is 1.41. The quantitative estimate of drug-likeness (QED) is 0.222. The molecule has 0 aliphatic rings. The van der Waals surface area contributed by atoms with Crippen molar-refractivity contribution in [3.8, 4) is 17.6 Å². The summed E-state index contributed by atoms with van der Waals surface area (Å²) in [6, 6.07) is 6.83. The van der Waals surface area contributed by atoms with Crippen molar-refractivity contribution in [3.63, 3.8) is 0 Å². The Kier molecular flexibility index (Phi) is 7.41. The van der Waals surface area contributed by atoms with Crippen molar-refractivity contribution in [2.45, 2.75) is 11.3 Å². The van der Waals surface area contributed by atoms with E-state index in [0.29, 0.717) is 4.34 Å². The number of hydrogen-bond acceptors (Lipinski definition) is 12. The highest BCUT2D eigenvalue weighted by molar-refractivity contribution is 8.01. The summed E-state index contributed by atoms with van der Waals surface area (Å²) in [6.07, 6.45) is 0. The van der Waals surface area contributed by atoms with Gasteiger partial charge in [-0.1, -0.05) is 23.1 Å². The van der Waals surface area contributed by atoms with Gasteiger partial charge >= 0.3 is 5.97 Å². The molecule has 0 aliphatic heterocycles. The number of aromatic nitrogens is 3. The third-order valence-electron chi connectivity index (χ3n) is 4.25. The number of carboxylic acids is 1. The molecule has 1 aromatic carbocycles. The molecule has 176 valence electrons. The molecular weight excluding hydrogens is 508 g/mol. The predicted molar refractivity (Wildman–Crippen MR) is 121 cm³/mol. The highest BCUT2D eigenvalue weighted by Crippen LogP contribution is 2.35. The number of hydrogen-bond donors (Lipinski definition) is 3. The first-order chi connectivity index (χ1) is 16.0. The molecule has 3 rings (SSSR count). The third kappa shape index (κ3) is 5.63. The Morgan fingerprint density at radius 1 is 1.26 bits per heavy atom. The highest BCUT2D eigenvalue weighted by Gasteiger charge is 2.21. The van der Waals surface area contributed by atoms with Crippen LogP contribution in [-0.4, -0.2) is 55.4 Å². The summed E-state index contributed by atoms with van der Waals surface area (Å²) < 4.78 is 31.5. The Morgan fingerprint density at radius 3 is 2.53 bits per heavy atom. The Morgan fingerprint density at radius 2 is 1.94 bits per heavy atom. The van der Waals surface area contributed by atoms with Crippen LogP contribution in [0, 0.1) is 18.3 Å². The van der Waals surface area contributed by atoms with Crippen molar-refractivity contribution >= 4 is 50.0 Å². The zero-order valence-corrected chi connectivity index (χ0v) is 19.6. The molecule has 2 heterocycles. The number of nitrogens with zero attached hydrogens (tertiary/aromatic N) is 6. The van der Waals surface area contributed by atoms with Crippen LogP contribution in [0.15, 0.2) is 43.6 Å². The standard InChI is InChI=1S/C18H14N6O7S3/c1-9-12(8-19)14(25)24(11-4-2-10(3-5-11)16(27)28)15(26)13(9)20-21-17-22-23-18(33-17)32-6-7-34(29,30)31/h2-5,26H,6-7H2,1H3,(H,27,28)(H,29,30,31). The molecule has 0 radical (unpaired) electrons. The molecule has 0 saturated carbocycles. The van der Waals surface area contributed by atoms with Crippen molar-refractivity contribution in [1.82, 2.24) is 14.8 Å². The van der Waals surface area contributed by atoms with Gasteiger partial charge in [-0.3, -0.25) is 9.35 Å². The van der Waals surface area contributed by atoms with Gasteiger partial charge in [-0.05, 0) is 31.2 Å². The molecule has 0 spiro atoms. The second-order valence-corrected chi connectivity index (χ2v) is 10.3. The molecule has 0 bridgehead atoms. The molecule has 0 amide bonds. The van der Waals surface area contributed by atoms with E-state index in [9.17, 15) is 28.4 Å². The minimum Gasteiger partial charge on any atom is -0.493 e. The number of benzene rings is 1. The monoisotopic (exact) mass is 522 g/mol. The van der Waals surface area contributed by atoms with Crippen LogP contribution >= 0.6 is 23.1 Å². The number of carbonyl (C=O) groups is 1. The number of carboxylic acid groups (broad SMARTS) is 1. The smallest absolute Gasteiger partial charge is 0.335 e. The summed E-state index contributed by atoms with van der Waals surface area (Å²) in [4.78, 5) is 23.8. The van der Waals surface area contributed by atoms with Crippen molar-refractivity contribution in [3.05, 3.63) is 51.3 Å². The fourth-order valence-corrected chi connectivity index (χ4v) is 5.19. The number of rotatable bonds is 8. The second kappa shape index (κ2) is 10.1. The largest absolute Gasteiger partial charge is 0.493 e. The molecule has 13 nitrogen and oxygen atoms in total. The van der Waals surface area contributed by atoms with Gasteiger partial charge in [-0.2, -0.15) is 13.7 Å². The average Bonchev–Trinajstić information content (AvgIpc) is 3.21. The topological polar surface area (TPSA) is 208 Å². The zero-order valence-electron chi connectivity index (χ0n) is 17.1. The maximum Gasteiger partial charge on any atom is 0.335 e. The predicted octanol–water partition coefficient (Wildman–Crippen LogP) is 2.67. The van der Waals surface area contributed by atoms with E-state index in [1.54, 1.807) is 6.07 Å². The minimum absolute atomic E-state index is 0.0367. The van der Waals surface area contributed by atoms with Crippen molar-refractivity contribution in [2.24, 2.45) is 10.2 Å². The average molecular weight is 523 g/mol. The van der Waals surface area contributed by atoms with Gasteiger partial charge in [0.1, 0.15) is 11.6 Å². The number of azo groups is 1. The minimum atomic E-state index is -4.10. The molecule has 3 aromatic rings. The van der Waals surface area contributed by atoms with Crippen molar-refractivity contribution < 1.29 is 28.0 Å². The highest BCUT2D eigenvalue weighted by atomic mass is 32.2. The van der Waals surface area contributed by atoms with E-state index in [1.807, 2.05) is 0 Å². The van der Waals surface area contributed by atoms with Gasteiger partial charge in [0.15, 0.2) is 10.0 Å². The van der Waals surface area contributed by atoms with E-state index in [0.717, 1.165) is 27.7 Å². The number of thioether (sulfide) groups is 1. The van der Waals surface area contributed by atoms with Gasteiger partial charge in [-0.25, -0.2) is 9.36 Å². The molecule has 0 aliphatic carbocycles. The van der Waals surface area contributed by atoms with Gasteiger partial charge in [0.05, 0.1) is 17.0 Å². The van der Waals surface area contributed by atoms with Crippen LogP contribution in [0.5, 0.6) is 5.88 Å². The second-order valence-electron chi connectivity index (χ2n) is 6.46. The molecule has 3 N–H and O–H groups in total. The fourth-order valence-electron chi connectivity index (χ4n) is 2.63. The molecule has 34 heavy (non-hydrogen) atoms. The lowest BCUT2D eigenvalue weighted by molar-refractivity contribution is 0.0697. The third-order valence-corrected chi connectivity index (χ3v) is 7.17. The summed E-state index contributed by atoms with van der Waals surface area (Å²) in [5.41, 5.74) is -1.17. The van der Waals surface area contributed by atoms with Crippen LogP contribution in [0.3, 0.4) is 0 Å². The fraction of sp³-hybridized carbons (Fsp3) is 0.167. The van der Waals surface area contributed by atoms with Gasteiger partial charge in [-0.15, -0.1) is 20.4 Å². The first kappa shape index (κ1) is 25.0. The summed E-state index contributed by atoms with van der Waals surface area (Å²) in [5, 5.41) is 44.7. The van der Waals surface area contributed by atoms with E-state index in [-0.39, 0.29) is 38.9 Å². The van der Waals surface area contributed by atoms with Gasteiger partial charge in [0, 0.05) is 11.3 Å².